The number of rotatable bonds is 7. The molecule has 1 aromatic rings. The second-order valence-electron chi connectivity index (χ2n) is 6.21. The second-order valence-corrected chi connectivity index (χ2v) is 7.98. The molecule has 1 aromatic carbocycles. The Morgan fingerprint density at radius 3 is 2.40 bits per heavy atom. The fraction of sp³-hybridized carbons (Fsp3) is 0.600. The minimum atomic E-state index is -3.40. The molecule has 0 radical (unpaired) electrons. The van der Waals surface area contributed by atoms with Crippen molar-refractivity contribution in [1.82, 2.24) is 4.72 Å². The fourth-order valence-electron chi connectivity index (χ4n) is 2.34. The first-order valence-corrected chi connectivity index (χ1v) is 8.53. The van der Waals surface area contributed by atoms with Crippen LogP contribution in [0.3, 0.4) is 0 Å². The van der Waals surface area contributed by atoms with Crippen molar-refractivity contribution < 1.29 is 13.5 Å². The van der Waals surface area contributed by atoms with Crippen LogP contribution < -0.4 is 4.72 Å². The van der Waals surface area contributed by atoms with Crippen LogP contribution in [-0.2, 0) is 16.4 Å². The fourth-order valence-corrected chi connectivity index (χ4v) is 3.42. The highest BCUT2D eigenvalue weighted by Gasteiger charge is 2.45. The van der Waals surface area contributed by atoms with Crippen LogP contribution in [0.15, 0.2) is 29.2 Å². The largest absolute Gasteiger partial charge is 0.396 e. The van der Waals surface area contributed by atoms with E-state index in [1.54, 1.807) is 12.1 Å². The van der Waals surface area contributed by atoms with E-state index in [4.69, 9.17) is 5.11 Å². The highest BCUT2D eigenvalue weighted by atomic mass is 32.2. The first-order chi connectivity index (χ1) is 9.35. The summed E-state index contributed by atoms with van der Waals surface area (Å²) in [6.07, 6.45) is 2.54. The third-order valence-corrected chi connectivity index (χ3v) is 5.53. The molecule has 2 N–H and O–H groups in total. The molecule has 112 valence electrons. The smallest absolute Gasteiger partial charge is 0.240 e. The molecule has 1 saturated carbocycles. The summed E-state index contributed by atoms with van der Waals surface area (Å²) in [5, 5.41) is 8.78. The Labute approximate surface area is 121 Å². The molecule has 0 aromatic heterocycles. The van der Waals surface area contributed by atoms with E-state index in [2.05, 4.69) is 18.6 Å². The quantitative estimate of drug-likeness (QED) is 0.808. The van der Waals surface area contributed by atoms with Crippen molar-refractivity contribution in [2.45, 2.75) is 38.0 Å². The van der Waals surface area contributed by atoms with Crippen molar-refractivity contribution in [3.8, 4) is 0 Å². The molecule has 0 saturated heterocycles. The van der Waals surface area contributed by atoms with Gasteiger partial charge in [0, 0.05) is 13.2 Å². The summed E-state index contributed by atoms with van der Waals surface area (Å²) in [7, 11) is -3.40. The number of nitrogens with one attached hydrogen (secondary N) is 1. The van der Waals surface area contributed by atoms with Gasteiger partial charge in [-0.3, -0.25) is 0 Å². The average molecular weight is 297 g/mol. The van der Waals surface area contributed by atoms with E-state index >= 15 is 0 Å². The van der Waals surface area contributed by atoms with Crippen molar-refractivity contribution in [3.63, 3.8) is 0 Å². The summed E-state index contributed by atoms with van der Waals surface area (Å²) < 4.78 is 27.0. The first-order valence-electron chi connectivity index (χ1n) is 7.05. The van der Waals surface area contributed by atoms with Crippen LogP contribution in [0.25, 0.3) is 0 Å². The maximum absolute atomic E-state index is 12.1. The van der Waals surface area contributed by atoms with Crippen LogP contribution >= 0.6 is 0 Å². The van der Waals surface area contributed by atoms with Gasteiger partial charge in [-0.2, -0.15) is 0 Å². The van der Waals surface area contributed by atoms with Gasteiger partial charge < -0.3 is 5.11 Å². The Bertz CT molecular complexity index is 549. The molecule has 1 aliphatic rings. The van der Waals surface area contributed by atoms with Crippen LogP contribution in [0.4, 0.5) is 0 Å². The molecule has 1 fully saturated rings. The van der Waals surface area contributed by atoms with Gasteiger partial charge in [0.05, 0.1) is 4.90 Å². The summed E-state index contributed by atoms with van der Waals surface area (Å²) >= 11 is 0. The third kappa shape index (κ3) is 3.81. The first kappa shape index (κ1) is 15.5. The zero-order chi connectivity index (χ0) is 14.8. The van der Waals surface area contributed by atoms with Crippen molar-refractivity contribution in [2.75, 3.05) is 13.2 Å². The zero-order valence-electron chi connectivity index (χ0n) is 12.1. The predicted octanol–water partition coefficient (Wildman–Crippen LogP) is 1.94. The van der Waals surface area contributed by atoms with Crippen molar-refractivity contribution in [3.05, 3.63) is 29.8 Å². The molecule has 1 unspecified atom stereocenters. The maximum Gasteiger partial charge on any atom is 0.240 e. The van der Waals surface area contributed by atoms with Crippen LogP contribution in [0.5, 0.6) is 0 Å². The van der Waals surface area contributed by atoms with E-state index in [0.29, 0.717) is 23.8 Å². The standard InChI is InChI=1S/C15H23NO3S/c1-15(2)10-13(15)11-16-20(18,19)14-7-5-12(6-8-14)4-3-9-17/h5-8,13,16-17H,3-4,9-11H2,1-2H3. The molecule has 20 heavy (non-hydrogen) atoms. The van der Waals surface area contributed by atoms with Gasteiger partial charge in [0.2, 0.25) is 10.0 Å². The number of aliphatic hydroxyl groups is 1. The Hall–Kier alpha value is -0.910. The van der Waals surface area contributed by atoms with Gasteiger partial charge in [0.15, 0.2) is 0 Å². The highest BCUT2D eigenvalue weighted by molar-refractivity contribution is 7.89. The molecule has 5 heteroatoms. The number of sulfonamides is 1. The van der Waals surface area contributed by atoms with Gasteiger partial charge in [-0.05, 0) is 48.3 Å². The second kappa shape index (κ2) is 5.84. The van der Waals surface area contributed by atoms with Crippen LogP contribution in [0.2, 0.25) is 0 Å². The Morgan fingerprint density at radius 1 is 1.30 bits per heavy atom. The molecule has 0 aliphatic heterocycles. The number of hydrogen-bond donors (Lipinski definition) is 2. The van der Waals surface area contributed by atoms with Gasteiger partial charge in [-0.25, -0.2) is 13.1 Å². The van der Waals surface area contributed by atoms with Crippen LogP contribution in [-0.4, -0.2) is 26.7 Å². The zero-order valence-corrected chi connectivity index (χ0v) is 12.9. The number of benzene rings is 1. The van der Waals surface area contributed by atoms with Crippen molar-refractivity contribution in [2.24, 2.45) is 11.3 Å². The molecule has 0 bridgehead atoms. The van der Waals surface area contributed by atoms with E-state index in [-0.39, 0.29) is 12.0 Å². The number of aliphatic hydroxyl groups excluding tert-OH is 1. The van der Waals surface area contributed by atoms with E-state index in [1.165, 1.54) is 0 Å². The monoisotopic (exact) mass is 297 g/mol. The average Bonchev–Trinajstić information content (AvgIpc) is 3.02. The normalized spacial score (nSPS) is 20.9. The molecule has 0 spiro atoms. The minimum Gasteiger partial charge on any atom is -0.396 e. The lowest BCUT2D eigenvalue weighted by atomic mass is 10.1. The highest BCUT2D eigenvalue weighted by Crippen LogP contribution is 2.51. The summed E-state index contributed by atoms with van der Waals surface area (Å²) in [6.45, 7) is 4.98. The Kier molecular flexibility index (Phi) is 4.52. The molecule has 1 atom stereocenters. The third-order valence-electron chi connectivity index (χ3n) is 4.09. The minimum absolute atomic E-state index is 0.152. The van der Waals surface area contributed by atoms with Crippen LogP contribution in [0, 0.1) is 11.3 Å². The summed E-state index contributed by atoms with van der Waals surface area (Å²) in [4.78, 5) is 0.309. The maximum atomic E-state index is 12.1. The molecule has 0 amide bonds. The molecular weight excluding hydrogens is 274 g/mol. The molecular formula is C15H23NO3S. The predicted molar refractivity (Wildman–Crippen MR) is 78.9 cm³/mol. The van der Waals surface area contributed by atoms with Crippen LogP contribution in [0.1, 0.15) is 32.3 Å². The topological polar surface area (TPSA) is 66.4 Å². The molecule has 1 aliphatic carbocycles. The lowest BCUT2D eigenvalue weighted by Crippen LogP contribution is -2.26. The van der Waals surface area contributed by atoms with Gasteiger partial charge >= 0.3 is 0 Å². The van der Waals surface area contributed by atoms with Crippen molar-refractivity contribution in [1.29, 1.82) is 0 Å². The van der Waals surface area contributed by atoms with E-state index in [1.807, 2.05) is 12.1 Å². The van der Waals surface area contributed by atoms with Gasteiger partial charge in [0.1, 0.15) is 0 Å². The Balaban J connectivity index is 1.95. The van der Waals surface area contributed by atoms with E-state index < -0.39 is 10.0 Å². The number of aryl methyl sites for hydroxylation is 1. The Morgan fingerprint density at radius 2 is 1.90 bits per heavy atom. The lowest BCUT2D eigenvalue weighted by Gasteiger charge is -2.08. The molecule has 4 nitrogen and oxygen atoms in total. The van der Waals surface area contributed by atoms with Gasteiger partial charge in [-0.15, -0.1) is 0 Å². The summed E-state index contributed by atoms with van der Waals surface area (Å²) in [5.41, 5.74) is 1.32. The van der Waals surface area contributed by atoms with Gasteiger partial charge in [0.25, 0.3) is 0 Å². The lowest BCUT2D eigenvalue weighted by molar-refractivity contribution is 0.288. The number of hydrogen-bond acceptors (Lipinski definition) is 3. The molecule has 0 heterocycles. The van der Waals surface area contributed by atoms with E-state index in [0.717, 1.165) is 18.4 Å². The summed E-state index contributed by atoms with van der Waals surface area (Å²) in [6, 6.07) is 6.89. The molecule has 2 rings (SSSR count). The van der Waals surface area contributed by atoms with E-state index in [9.17, 15) is 8.42 Å². The summed E-state index contributed by atoms with van der Waals surface area (Å²) in [5.74, 6) is 0.445. The SMILES string of the molecule is CC1(C)CC1CNS(=O)(=O)c1ccc(CCCO)cc1. The van der Waals surface area contributed by atoms with Crippen molar-refractivity contribution >= 4 is 10.0 Å². The van der Waals surface area contributed by atoms with Gasteiger partial charge in [-0.1, -0.05) is 26.0 Å².